The molecule has 2 aromatic rings. The fraction of sp³-hybridized carbons (Fsp3) is 0.606. The van der Waals surface area contributed by atoms with E-state index in [-0.39, 0.29) is 5.78 Å². The highest BCUT2D eigenvalue weighted by Crippen LogP contribution is 2.41. The van der Waals surface area contributed by atoms with E-state index in [1.807, 2.05) is 0 Å². The minimum atomic E-state index is 0.251. The summed E-state index contributed by atoms with van der Waals surface area (Å²) in [7, 11) is 4.43. The van der Waals surface area contributed by atoms with E-state index in [9.17, 15) is 4.79 Å². The SMILES string of the molecule is CN1CCN(Cc2c(C(=O)c3cccc(C4CCC4)c3CN3CCN(C)CC3)cccc2C2CCC2)CC1. The quantitative estimate of drug-likeness (QED) is 0.465. The Bertz CT molecular complexity index is 1030. The number of carbonyl (C=O) groups is 1. The Kier molecular flexibility index (Phi) is 7.99. The molecule has 2 saturated carbocycles. The van der Waals surface area contributed by atoms with E-state index < -0.39 is 0 Å². The van der Waals surface area contributed by atoms with Crippen molar-refractivity contribution in [3.8, 4) is 0 Å². The van der Waals surface area contributed by atoms with Gasteiger partial charge in [0.1, 0.15) is 0 Å². The highest BCUT2D eigenvalue weighted by atomic mass is 16.1. The molecule has 5 heteroatoms. The summed E-state index contributed by atoms with van der Waals surface area (Å²) in [5, 5.41) is 0. The third-order valence-corrected chi connectivity index (χ3v) is 9.96. The zero-order valence-electron chi connectivity index (χ0n) is 23.6. The van der Waals surface area contributed by atoms with Gasteiger partial charge in [-0.3, -0.25) is 14.6 Å². The van der Waals surface area contributed by atoms with Gasteiger partial charge < -0.3 is 9.80 Å². The summed E-state index contributed by atoms with van der Waals surface area (Å²) in [6, 6.07) is 13.2. The number of hydrogen-bond acceptors (Lipinski definition) is 5. The molecule has 4 aliphatic rings. The first kappa shape index (κ1) is 26.2. The molecule has 2 aromatic carbocycles. The van der Waals surface area contributed by atoms with Crippen molar-refractivity contribution >= 4 is 5.78 Å². The maximum absolute atomic E-state index is 14.6. The van der Waals surface area contributed by atoms with E-state index in [0.29, 0.717) is 11.8 Å². The number of carbonyl (C=O) groups excluding carboxylic acids is 1. The Balaban J connectivity index is 1.36. The average molecular weight is 515 g/mol. The van der Waals surface area contributed by atoms with Gasteiger partial charge in [0.15, 0.2) is 5.78 Å². The largest absolute Gasteiger partial charge is 0.304 e. The molecule has 0 aromatic heterocycles. The zero-order chi connectivity index (χ0) is 26.1. The molecule has 5 nitrogen and oxygen atoms in total. The van der Waals surface area contributed by atoms with E-state index in [4.69, 9.17) is 0 Å². The van der Waals surface area contributed by atoms with Crippen LogP contribution in [0.2, 0.25) is 0 Å². The predicted octanol–water partition coefficient (Wildman–Crippen LogP) is 4.95. The summed E-state index contributed by atoms with van der Waals surface area (Å²) in [5.41, 5.74) is 7.42. The first-order valence-electron chi connectivity index (χ1n) is 15.2. The van der Waals surface area contributed by atoms with E-state index in [1.54, 1.807) is 0 Å². The summed E-state index contributed by atoms with van der Waals surface area (Å²) >= 11 is 0. The first-order valence-corrected chi connectivity index (χ1v) is 15.2. The maximum Gasteiger partial charge on any atom is 0.193 e. The molecule has 2 heterocycles. The van der Waals surface area contributed by atoms with Gasteiger partial charge in [-0.2, -0.15) is 0 Å². The van der Waals surface area contributed by atoms with Crippen LogP contribution in [0.5, 0.6) is 0 Å². The molecular weight excluding hydrogens is 468 g/mol. The van der Waals surface area contributed by atoms with Crippen LogP contribution in [0.15, 0.2) is 36.4 Å². The second-order valence-electron chi connectivity index (χ2n) is 12.5. The summed E-state index contributed by atoms with van der Waals surface area (Å²) in [4.78, 5) is 24.6. The van der Waals surface area contributed by atoms with E-state index >= 15 is 0 Å². The van der Waals surface area contributed by atoms with Gasteiger partial charge in [0, 0.05) is 76.6 Å². The molecule has 4 fully saturated rings. The van der Waals surface area contributed by atoms with Gasteiger partial charge in [0.05, 0.1) is 0 Å². The molecule has 0 radical (unpaired) electrons. The first-order chi connectivity index (χ1) is 18.6. The van der Waals surface area contributed by atoms with Crippen LogP contribution in [0.25, 0.3) is 0 Å². The monoisotopic (exact) mass is 514 g/mol. The summed E-state index contributed by atoms with van der Waals surface area (Å²) < 4.78 is 0. The fourth-order valence-electron chi connectivity index (χ4n) is 6.80. The number of rotatable bonds is 8. The van der Waals surface area contributed by atoms with Crippen molar-refractivity contribution in [2.24, 2.45) is 0 Å². The molecular formula is C33H46N4O. The predicted molar refractivity (Wildman–Crippen MR) is 155 cm³/mol. The lowest BCUT2D eigenvalue weighted by Gasteiger charge is -2.36. The second kappa shape index (κ2) is 11.6. The molecule has 2 aliphatic carbocycles. The number of likely N-dealkylation sites (N-methyl/N-ethyl adjacent to an activating group) is 2. The van der Waals surface area contributed by atoms with Crippen LogP contribution in [0.1, 0.15) is 88.5 Å². The van der Waals surface area contributed by atoms with Crippen LogP contribution in [0.4, 0.5) is 0 Å². The molecule has 0 N–H and O–H groups in total. The topological polar surface area (TPSA) is 30.0 Å². The highest BCUT2D eigenvalue weighted by molar-refractivity contribution is 6.11. The fourth-order valence-corrected chi connectivity index (χ4v) is 6.80. The molecule has 6 rings (SSSR count). The zero-order valence-corrected chi connectivity index (χ0v) is 23.6. The Morgan fingerprint density at radius 1 is 0.632 bits per heavy atom. The third kappa shape index (κ3) is 5.49. The minimum absolute atomic E-state index is 0.251. The standard InChI is InChI=1S/C33H46N4O/c1-34-15-19-36(20-16-34)23-31-27(25-7-3-8-25)11-5-13-29(31)33(38)30-14-6-12-28(26-9-4-10-26)32(30)24-37-21-17-35(2)18-22-37/h5-6,11-14,25-26H,3-4,7-10,15-24H2,1-2H3. The van der Waals surface area contributed by atoms with Crippen LogP contribution in [0, 0.1) is 0 Å². The Hall–Kier alpha value is -2.05. The molecule has 2 saturated heterocycles. The van der Waals surface area contributed by atoms with Crippen LogP contribution < -0.4 is 0 Å². The van der Waals surface area contributed by atoms with Gasteiger partial charge in [-0.25, -0.2) is 0 Å². The van der Waals surface area contributed by atoms with Crippen LogP contribution in [0.3, 0.4) is 0 Å². The van der Waals surface area contributed by atoms with E-state index in [1.165, 1.54) is 60.8 Å². The van der Waals surface area contributed by atoms with Crippen molar-refractivity contribution < 1.29 is 4.79 Å². The Morgan fingerprint density at radius 2 is 1.03 bits per heavy atom. The van der Waals surface area contributed by atoms with Crippen molar-refractivity contribution in [2.75, 3.05) is 66.5 Å². The van der Waals surface area contributed by atoms with Crippen molar-refractivity contribution in [1.82, 2.24) is 19.6 Å². The van der Waals surface area contributed by atoms with Gasteiger partial charge >= 0.3 is 0 Å². The van der Waals surface area contributed by atoms with Gasteiger partial charge in [-0.15, -0.1) is 0 Å². The molecule has 204 valence electrons. The number of hydrogen-bond donors (Lipinski definition) is 0. The Labute approximate surface area is 229 Å². The van der Waals surface area contributed by atoms with Crippen LogP contribution in [-0.2, 0) is 13.1 Å². The van der Waals surface area contributed by atoms with Crippen LogP contribution >= 0.6 is 0 Å². The second-order valence-corrected chi connectivity index (χ2v) is 12.5. The summed E-state index contributed by atoms with van der Waals surface area (Å²) in [6.45, 7) is 10.5. The van der Waals surface area contributed by atoms with Crippen molar-refractivity contribution in [3.05, 3.63) is 69.8 Å². The van der Waals surface area contributed by atoms with Crippen molar-refractivity contribution in [2.45, 2.75) is 63.5 Å². The molecule has 0 bridgehead atoms. The lowest BCUT2D eigenvalue weighted by molar-refractivity contribution is 0.103. The molecule has 0 spiro atoms. The third-order valence-electron chi connectivity index (χ3n) is 9.96. The number of ketones is 1. The normalized spacial score (nSPS) is 22.8. The molecule has 0 unspecified atom stereocenters. The smallest absolute Gasteiger partial charge is 0.193 e. The van der Waals surface area contributed by atoms with Gasteiger partial charge in [-0.05, 0) is 73.9 Å². The lowest BCUT2D eigenvalue weighted by atomic mass is 9.75. The number of piperazine rings is 2. The van der Waals surface area contributed by atoms with Gasteiger partial charge in [-0.1, -0.05) is 49.2 Å². The molecule has 2 aliphatic heterocycles. The van der Waals surface area contributed by atoms with Gasteiger partial charge in [0.25, 0.3) is 0 Å². The lowest BCUT2D eigenvalue weighted by Crippen LogP contribution is -2.44. The highest BCUT2D eigenvalue weighted by Gasteiger charge is 2.30. The average Bonchev–Trinajstić information content (AvgIpc) is 2.86. The summed E-state index contributed by atoms with van der Waals surface area (Å²) in [5.74, 6) is 1.49. The maximum atomic E-state index is 14.6. The van der Waals surface area contributed by atoms with Crippen LogP contribution in [-0.4, -0.2) is 91.8 Å². The van der Waals surface area contributed by atoms with Crippen molar-refractivity contribution in [3.63, 3.8) is 0 Å². The Morgan fingerprint density at radius 3 is 1.37 bits per heavy atom. The molecule has 0 amide bonds. The minimum Gasteiger partial charge on any atom is -0.304 e. The molecule has 38 heavy (non-hydrogen) atoms. The van der Waals surface area contributed by atoms with Crippen molar-refractivity contribution in [1.29, 1.82) is 0 Å². The van der Waals surface area contributed by atoms with E-state index in [2.05, 4.69) is 70.1 Å². The van der Waals surface area contributed by atoms with E-state index in [0.717, 1.165) is 76.6 Å². The summed E-state index contributed by atoms with van der Waals surface area (Å²) in [6.07, 6.45) is 7.68. The van der Waals surface area contributed by atoms with Gasteiger partial charge in [0.2, 0.25) is 0 Å². The molecule has 0 atom stereocenters. The number of nitrogens with zero attached hydrogens (tertiary/aromatic N) is 4. The number of benzene rings is 2.